The van der Waals surface area contributed by atoms with Crippen molar-refractivity contribution in [1.29, 1.82) is 0 Å². The molecule has 1 N–H and O–H groups in total. The molecule has 0 fully saturated rings. The fraction of sp³-hybridized carbons (Fsp3) is 0.227. The second-order valence-electron chi connectivity index (χ2n) is 6.39. The van der Waals surface area contributed by atoms with Gasteiger partial charge in [-0.3, -0.25) is 4.99 Å². The molecule has 7 nitrogen and oxygen atoms in total. The van der Waals surface area contributed by atoms with E-state index in [-0.39, 0.29) is 0 Å². The van der Waals surface area contributed by atoms with Gasteiger partial charge in [0, 0.05) is 11.9 Å². The molecule has 0 aliphatic carbocycles. The van der Waals surface area contributed by atoms with E-state index in [2.05, 4.69) is 20.3 Å². The Bertz CT molecular complexity index is 1010. The highest BCUT2D eigenvalue weighted by atomic mass is 16.5. The van der Waals surface area contributed by atoms with Gasteiger partial charge in [0.15, 0.2) is 11.5 Å². The largest absolute Gasteiger partial charge is 0.487 e. The first kappa shape index (κ1) is 18.9. The number of aliphatic imine (C=N–C) groups is 1. The molecule has 7 heteroatoms. The van der Waals surface area contributed by atoms with E-state index in [1.165, 1.54) is 0 Å². The number of ether oxygens (including phenoxy) is 3. The molecular weight excluding hydrogens is 368 g/mol. The zero-order valence-electron chi connectivity index (χ0n) is 16.2. The number of fused-ring (bicyclic) bond motifs is 2. The molecule has 0 radical (unpaired) electrons. The van der Waals surface area contributed by atoms with Crippen molar-refractivity contribution < 1.29 is 14.2 Å². The third-order valence-corrected chi connectivity index (χ3v) is 4.21. The van der Waals surface area contributed by atoms with E-state index in [9.17, 15) is 0 Å². The Kier molecular flexibility index (Phi) is 5.97. The summed E-state index contributed by atoms with van der Waals surface area (Å²) >= 11 is 0. The molecule has 2 aromatic heterocycles. The predicted octanol–water partition coefficient (Wildman–Crippen LogP) is 3.85. The third kappa shape index (κ3) is 4.89. The van der Waals surface area contributed by atoms with E-state index in [4.69, 9.17) is 14.2 Å². The van der Waals surface area contributed by atoms with Gasteiger partial charge in [-0.05, 0) is 43.3 Å². The van der Waals surface area contributed by atoms with E-state index < -0.39 is 0 Å². The lowest BCUT2D eigenvalue weighted by Gasteiger charge is -2.15. The Morgan fingerprint density at radius 1 is 0.897 bits per heavy atom. The third-order valence-electron chi connectivity index (χ3n) is 4.21. The maximum atomic E-state index is 6.13. The molecule has 0 amide bonds. The quantitative estimate of drug-likeness (QED) is 0.680. The van der Waals surface area contributed by atoms with Gasteiger partial charge >= 0.3 is 0 Å². The molecule has 3 heterocycles. The van der Waals surface area contributed by atoms with E-state index in [1.54, 1.807) is 6.20 Å². The van der Waals surface area contributed by atoms with Crippen molar-refractivity contribution >= 4 is 11.7 Å². The maximum absolute atomic E-state index is 6.13. The number of para-hydroxylation sites is 2. The van der Waals surface area contributed by atoms with E-state index in [0.717, 1.165) is 11.3 Å². The number of anilines is 1. The maximum Gasteiger partial charge on any atom is 0.230 e. The van der Waals surface area contributed by atoms with Gasteiger partial charge in [-0.2, -0.15) is 0 Å². The first-order chi connectivity index (χ1) is 14.3. The van der Waals surface area contributed by atoms with Crippen LogP contribution in [0.5, 0.6) is 17.4 Å². The van der Waals surface area contributed by atoms with E-state index >= 15 is 0 Å². The summed E-state index contributed by atoms with van der Waals surface area (Å²) < 4.78 is 17.6. The number of hydrogen-bond acceptors (Lipinski definition) is 7. The van der Waals surface area contributed by atoms with Crippen molar-refractivity contribution in [2.45, 2.75) is 6.92 Å². The predicted molar refractivity (Wildman–Crippen MR) is 111 cm³/mol. The summed E-state index contributed by atoms with van der Waals surface area (Å²) in [5, 5.41) is 3.30. The van der Waals surface area contributed by atoms with Gasteiger partial charge in [-0.15, -0.1) is 0 Å². The minimum absolute atomic E-state index is 0.428. The molecule has 1 aromatic carbocycles. The lowest BCUT2D eigenvalue weighted by atomic mass is 10.2. The monoisotopic (exact) mass is 390 g/mol. The normalized spacial score (nSPS) is 14.4. The first-order valence-corrected chi connectivity index (χ1v) is 9.47. The van der Waals surface area contributed by atoms with Crippen LogP contribution in [0.3, 0.4) is 0 Å². The van der Waals surface area contributed by atoms with E-state index in [1.807, 2.05) is 61.5 Å². The van der Waals surface area contributed by atoms with Crippen LogP contribution < -0.4 is 14.8 Å². The summed E-state index contributed by atoms with van der Waals surface area (Å²) in [7, 11) is 0. The molecule has 0 unspecified atom stereocenters. The fourth-order valence-electron chi connectivity index (χ4n) is 2.87. The van der Waals surface area contributed by atoms with Gasteiger partial charge in [0.1, 0.15) is 18.3 Å². The summed E-state index contributed by atoms with van der Waals surface area (Å²) in [4.78, 5) is 13.6. The number of aromatic nitrogens is 2. The average molecular weight is 390 g/mol. The average Bonchev–Trinajstić information content (AvgIpc) is 2.75. The van der Waals surface area contributed by atoms with Gasteiger partial charge in [0.05, 0.1) is 25.3 Å². The molecule has 1 aliphatic rings. The van der Waals surface area contributed by atoms with Crippen molar-refractivity contribution in [3.8, 4) is 17.4 Å². The number of hydrogen-bond donors (Lipinski definition) is 1. The highest BCUT2D eigenvalue weighted by Crippen LogP contribution is 2.32. The lowest BCUT2D eigenvalue weighted by Crippen LogP contribution is -2.18. The van der Waals surface area contributed by atoms with Crippen molar-refractivity contribution in [2.75, 3.05) is 31.7 Å². The highest BCUT2D eigenvalue weighted by molar-refractivity contribution is 6.09. The Morgan fingerprint density at radius 2 is 1.79 bits per heavy atom. The second kappa shape index (κ2) is 9.16. The van der Waals surface area contributed by atoms with Gasteiger partial charge < -0.3 is 19.5 Å². The molecule has 0 atom stereocenters. The minimum Gasteiger partial charge on any atom is -0.487 e. The summed E-state index contributed by atoms with van der Waals surface area (Å²) in [6.45, 7) is 3.80. The summed E-state index contributed by atoms with van der Waals surface area (Å²) in [5.41, 5.74) is 1.64. The van der Waals surface area contributed by atoms with Crippen molar-refractivity contribution in [3.63, 3.8) is 0 Å². The van der Waals surface area contributed by atoms with Gasteiger partial charge in [-0.25, -0.2) is 9.97 Å². The number of benzene rings is 1. The smallest absolute Gasteiger partial charge is 0.230 e. The molecule has 0 saturated heterocycles. The number of rotatable bonds is 1. The molecule has 1 aliphatic heterocycles. The number of nitrogens with zero attached hydrogens (tertiary/aromatic N) is 3. The van der Waals surface area contributed by atoms with Crippen LogP contribution in [-0.4, -0.2) is 42.2 Å². The Balaban J connectivity index is 1.73. The standard InChI is InChI=1S/C22H22N4O3/c1-16-6-4-10-20(25-16)26-21-17-7-5-11-24-22(17)29-19-9-3-2-8-18(19)28-15-14-27-13-12-23-21/h2-11H,12-15H2,1H3,(H,23,25,26). The topological polar surface area (TPSA) is 77.9 Å². The van der Waals surface area contributed by atoms with Crippen LogP contribution in [0, 0.1) is 6.92 Å². The molecule has 29 heavy (non-hydrogen) atoms. The van der Waals surface area contributed by atoms with Crippen LogP contribution in [0.1, 0.15) is 11.3 Å². The van der Waals surface area contributed by atoms with Crippen LogP contribution in [-0.2, 0) is 4.74 Å². The molecule has 0 saturated carbocycles. The van der Waals surface area contributed by atoms with Gasteiger partial charge in [0.25, 0.3) is 0 Å². The second-order valence-corrected chi connectivity index (χ2v) is 6.39. The highest BCUT2D eigenvalue weighted by Gasteiger charge is 2.16. The molecule has 0 bridgehead atoms. The van der Waals surface area contributed by atoms with Crippen LogP contribution in [0.15, 0.2) is 65.8 Å². The molecule has 0 spiro atoms. The van der Waals surface area contributed by atoms with Crippen molar-refractivity contribution in [1.82, 2.24) is 9.97 Å². The minimum atomic E-state index is 0.428. The molecule has 148 valence electrons. The van der Waals surface area contributed by atoms with Gasteiger partial charge in [0.2, 0.25) is 5.88 Å². The molecule has 4 rings (SSSR count). The van der Waals surface area contributed by atoms with Crippen LogP contribution in [0.2, 0.25) is 0 Å². The Hall–Kier alpha value is -3.45. The fourth-order valence-corrected chi connectivity index (χ4v) is 2.87. The number of aryl methyl sites for hydroxylation is 1. The summed E-state index contributed by atoms with van der Waals surface area (Å²) in [6.07, 6.45) is 1.69. The number of nitrogens with one attached hydrogen (secondary N) is 1. The number of pyridine rings is 2. The van der Waals surface area contributed by atoms with Crippen molar-refractivity contribution in [2.24, 2.45) is 4.99 Å². The SMILES string of the molecule is Cc1cccc(NC2=NCCOCCOc3ccccc3Oc3ncccc32)n1. The van der Waals surface area contributed by atoms with Crippen molar-refractivity contribution in [3.05, 3.63) is 72.1 Å². The van der Waals surface area contributed by atoms with E-state index in [0.29, 0.717) is 55.4 Å². The molecular formula is C22H22N4O3. The Morgan fingerprint density at radius 3 is 2.69 bits per heavy atom. The lowest BCUT2D eigenvalue weighted by molar-refractivity contribution is 0.105. The van der Waals surface area contributed by atoms with Crippen LogP contribution in [0.4, 0.5) is 5.82 Å². The number of amidine groups is 1. The van der Waals surface area contributed by atoms with Crippen LogP contribution >= 0.6 is 0 Å². The summed E-state index contributed by atoms with van der Waals surface area (Å²) in [6, 6.07) is 17.0. The Labute approximate surface area is 169 Å². The van der Waals surface area contributed by atoms with Crippen LogP contribution in [0.25, 0.3) is 0 Å². The van der Waals surface area contributed by atoms with Gasteiger partial charge in [-0.1, -0.05) is 18.2 Å². The first-order valence-electron chi connectivity index (χ1n) is 9.47. The molecule has 3 aromatic rings. The summed E-state index contributed by atoms with van der Waals surface area (Å²) in [5.74, 6) is 2.97. The zero-order chi connectivity index (χ0) is 19.9. The zero-order valence-corrected chi connectivity index (χ0v) is 16.2.